The van der Waals surface area contributed by atoms with E-state index < -0.39 is 12.1 Å². The highest BCUT2D eigenvalue weighted by molar-refractivity contribution is 5.97. The average molecular weight is 528 g/mol. The van der Waals surface area contributed by atoms with Crippen LogP contribution in [-0.2, 0) is 11.2 Å². The molecule has 2 aliphatic rings. The second-order valence-electron chi connectivity index (χ2n) is 9.04. The minimum atomic E-state index is -5.08. The van der Waals surface area contributed by atoms with E-state index in [2.05, 4.69) is 74.6 Å². The number of carbonyl (C=O) groups excluding carboxylic acids is 1. The van der Waals surface area contributed by atoms with Crippen LogP contribution >= 0.6 is 0 Å². The molecule has 3 N–H and O–H groups in total. The van der Waals surface area contributed by atoms with E-state index in [9.17, 15) is 18.0 Å². The summed E-state index contributed by atoms with van der Waals surface area (Å²) in [4.78, 5) is 33.7. The number of amides is 1. The Morgan fingerprint density at radius 2 is 1.79 bits per heavy atom. The molecule has 1 aromatic carbocycles. The highest BCUT2D eigenvalue weighted by atomic mass is 19.4. The number of hydrogen-bond donors (Lipinski definition) is 3. The Balaban J connectivity index is 0.000000426. The highest BCUT2D eigenvalue weighted by Crippen LogP contribution is 2.26. The van der Waals surface area contributed by atoms with Crippen molar-refractivity contribution in [3.05, 3.63) is 71.2 Å². The maximum atomic E-state index is 12.1. The lowest BCUT2D eigenvalue weighted by atomic mass is 10.1. The third-order valence-corrected chi connectivity index (χ3v) is 6.35. The molecule has 0 radical (unpaired) electrons. The van der Waals surface area contributed by atoms with E-state index in [4.69, 9.17) is 9.90 Å². The number of aromatic amines is 1. The third-order valence-electron chi connectivity index (χ3n) is 6.35. The number of para-hydroxylation sites is 1. The minimum Gasteiger partial charge on any atom is -0.475 e. The van der Waals surface area contributed by atoms with Gasteiger partial charge in [0.25, 0.3) is 5.91 Å². The number of nitrogens with one attached hydrogen (secondary N) is 2. The number of carboxylic acid groups (broad SMARTS) is 1. The second-order valence-corrected chi connectivity index (χ2v) is 9.04. The number of halogens is 3. The van der Waals surface area contributed by atoms with E-state index in [0.717, 1.165) is 60.8 Å². The minimum absolute atomic E-state index is 0.00145. The molecule has 5 rings (SSSR count). The lowest BCUT2D eigenvalue weighted by molar-refractivity contribution is -0.192. The number of aliphatic carboxylic acids is 1. The number of H-pyrrole nitrogens is 1. The van der Waals surface area contributed by atoms with E-state index >= 15 is 0 Å². The predicted octanol–water partition coefficient (Wildman–Crippen LogP) is 3.92. The third kappa shape index (κ3) is 6.60. The normalized spacial score (nSPS) is 16.0. The SMILES string of the molecule is CN1CCN(c2ccccc2C=Cc2cc(-c3cc4c([nH]3)CCNC4=O)ccn2)CC1.O=C(O)C(F)(F)F. The number of carbonyl (C=O) groups is 2. The van der Waals surface area contributed by atoms with Crippen LogP contribution in [0, 0.1) is 0 Å². The summed E-state index contributed by atoms with van der Waals surface area (Å²) in [6.07, 6.45) is 1.78. The zero-order chi connectivity index (χ0) is 27.3. The fourth-order valence-corrected chi connectivity index (χ4v) is 4.29. The number of anilines is 1. The van der Waals surface area contributed by atoms with Gasteiger partial charge in [-0.15, -0.1) is 0 Å². The summed E-state index contributed by atoms with van der Waals surface area (Å²) in [6.45, 7) is 4.93. The lowest BCUT2D eigenvalue weighted by Crippen LogP contribution is -2.44. The van der Waals surface area contributed by atoms with Crippen LogP contribution in [0.25, 0.3) is 23.4 Å². The van der Waals surface area contributed by atoms with Crippen molar-refractivity contribution in [2.45, 2.75) is 12.6 Å². The number of fused-ring (bicyclic) bond motifs is 1. The van der Waals surface area contributed by atoms with Crippen LogP contribution in [0.3, 0.4) is 0 Å². The molecular weight excluding hydrogens is 499 g/mol. The summed E-state index contributed by atoms with van der Waals surface area (Å²) in [5, 5.41) is 10.0. The Kier molecular flexibility index (Phi) is 8.16. The molecule has 0 spiro atoms. The molecule has 0 atom stereocenters. The molecule has 3 aromatic rings. The summed E-state index contributed by atoms with van der Waals surface area (Å²) >= 11 is 0. The number of likely N-dealkylation sites (N-methyl/N-ethyl adjacent to an activating group) is 1. The molecule has 4 heterocycles. The average Bonchev–Trinajstić information content (AvgIpc) is 3.34. The number of rotatable bonds is 4. The Morgan fingerprint density at radius 3 is 2.47 bits per heavy atom. The van der Waals surface area contributed by atoms with Crippen molar-refractivity contribution in [1.29, 1.82) is 0 Å². The quantitative estimate of drug-likeness (QED) is 0.476. The topological polar surface area (TPSA) is 102 Å². The summed E-state index contributed by atoms with van der Waals surface area (Å²) in [5.41, 5.74) is 7.10. The number of alkyl halides is 3. The van der Waals surface area contributed by atoms with Gasteiger partial charge in [0.05, 0.1) is 11.3 Å². The van der Waals surface area contributed by atoms with Gasteiger partial charge >= 0.3 is 12.1 Å². The standard InChI is InChI=1S/C25H27N5O.C2HF3O2/c1-29-12-14-30(15-13-29)24-5-3-2-4-18(24)6-7-20-16-19(8-10-26-20)23-17-21-22(28-23)9-11-27-25(21)31;3-2(4,5)1(6)7/h2-8,10,16-17,28H,9,11-15H2,1H3,(H,27,31);(H,6,7). The van der Waals surface area contributed by atoms with Crippen LogP contribution in [0.2, 0.25) is 0 Å². The predicted molar refractivity (Wildman–Crippen MR) is 139 cm³/mol. The van der Waals surface area contributed by atoms with Gasteiger partial charge in [-0.3, -0.25) is 9.78 Å². The molecule has 0 unspecified atom stereocenters. The molecule has 200 valence electrons. The largest absolute Gasteiger partial charge is 0.490 e. The first-order chi connectivity index (χ1) is 18.1. The van der Waals surface area contributed by atoms with Crippen molar-refractivity contribution in [3.63, 3.8) is 0 Å². The lowest BCUT2D eigenvalue weighted by Gasteiger charge is -2.34. The smallest absolute Gasteiger partial charge is 0.475 e. The monoisotopic (exact) mass is 527 g/mol. The first kappa shape index (κ1) is 26.9. The van der Waals surface area contributed by atoms with Crippen molar-refractivity contribution in [1.82, 2.24) is 20.2 Å². The fraction of sp³-hybridized carbons (Fsp3) is 0.296. The van der Waals surface area contributed by atoms with Gasteiger partial charge in [0, 0.05) is 68.0 Å². The maximum Gasteiger partial charge on any atom is 0.490 e. The van der Waals surface area contributed by atoms with Crippen LogP contribution < -0.4 is 10.2 Å². The summed E-state index contributed by atoms with van der Waals surface area (Å²) in [6, 6.07) is 14.5. The second kappa shape index (κ2) is 11.5. The Labute approximate surface area is 217 Å². The summed E-state index contributed by atoms with van der Waals surface area (Å²) < 4.78 is 31.7. The van der Waals surface area contributed by atoms with Gasteiger partial charge in [-0.2, -0.15) is 13.2 Å². The van der Waals surface area contributed by atoms with Crippen molar-refractivity contribution < 1.29 is 27.9 Å². The molecule has 11 heteroatoms. The Hall–Kier alpha value is -4.12. The van der Waals surface area contributed by atoms with E-state index in [0.29, 0.717) is 6.54 Å². The molecule has 0 aliphatic carbocycles. The first-order valence-corrected chi connectivity index (χ1v) is 12.1. The molecule has 2 aliphatic heterocycles. The summed E-state index contributed by atoms with van der Waals surface area (Å²) in [5.74, 6) is -2.76. The molecular formula is C27H28F3N5O3. The van der Waals surface area contributed by atoms with Crippen LogP contribution in [0.4, 0.5) is 18.9 Å². The van der Waals surface area contributed by atoms with E-state index in [-0.39, 0.29) is 5.91 Å². The van der Waals surface area contributed by atoms with Crippen LogP contribution in [0.1, 0.15) is 27.3 Å². The number of nitrogens with zero attached hydrogens (tertiary/aromatic N) is 3. The van der Waals surface area contributed by atoms with Gasteiger partial charge in [0.15, 0.2) is 0 Å². The summed E-state index contributed by atoms with van der Waals surface area (Å²) in [7, 11) is 2.18. The molecule has 1 saturated heterocycles. The van der Waals surface area contributed by atoms with Gasteiger partial charge in [0.2, 0.25) is 0 Å². The van der Waals surface area contributed by atoms with Crippen molar-refractivity contribution >= 4 is 29.7 Å². The molecule has 1 amide bonds. The van der Waals surface area contributed by atoms with Gasteiger partial charge < -0.3 is 25.2 Å². The van der Waals surface area contributed by atoms with Crippen LogP contribution in [0.15, 0.2) is 48.7 Å². The Morgan fingerprint density at radius 1 is 1.08 bits per heavy atom. The van der Waals surface area contributed by atoms with Crippen LogP contribution in [0.5, 0.6) is 0 Å². The van der Waals surface area contributed by atoms with Gasteiger partial charge in [0.1, 0.15) is 0 Å². The van der Waals surface area contributed by atoms with Gasteiger partial charge in [-0.25, -0.2) is 4.79 Å². The van der Waals surface area contributed by atoms with Crippen molar-refractivity contribution in [3.8, 4) is 11.3 Å². The maximum absolute atomic E-state index is 12.1. The number of hydrogen-bond acceptors (Lipinski definition) is 5. The number of piperazine rings is 1. The first-order valence-electron chi connectivity index (χ1n) is 12.1. The van der Waals surface area contributed by atoms with Gasteiger partial charge in [-0.05, 0) is 43.0 Å². The van der Waals surface area contributed by atoms with E-state index in [1.165, 1.54) is 11.3 Å². The van der Waals surface area contributed by atoms with Crippen LogP contribution in [-0.4, -0.2) is 77.8 Å². The molecule has 8 nitrogen and oxygen atoms in total. The zero-order valence-corrected chi connectivity index (χ0v) is 20.8. The van der Waals surface area contributed by atoms with Crippen molar-refractivity contribution in [2.75, 3.05) is 44.7 Å². The molecule has 38 heavy (non-hydrogen) atoms. The highest BCUT2D eigenvalue weighted by Gasteiger charge is 2.38. The van der Waals surface area contributed by atoms with E-state index in [1.807, 2.05) is 18.3 Å². The molecule has 1 fully saturated rings. The number of pyridine rings is 1. The Bertz CT molecular complexity index is 1330. The fourth-order valence-electron chi connectivity index (χ4n) is 4.29. The van der Waals surface area contributed by atoms with Crippen molar-refractivity contribution in [2.24, 2.45) is 0 Å². The van der Waals surface area contributed by atoms with Gasteiger partial charge in [-0.1, -0.05) is 24.3 Å². The number of carboxylic acids is 1. The zero-order valence-electron chi connectivity index (χ0n) is 20.8. The molecule has 2 aromatic heterocycles. The number of aromatic nitrogens is 2. The van der Waals surface area contributed by atoms with E-state index in [1.54, 1.807) is 0 Å². The molecule has 0 saturated carbocycles. The molecule has 0 bridgehead atoms. The number of benzene rings is 1.